The summed E-state index contributed by atoms with van der Waals surface area (Å²) in [5.41, 5.74) is -0.967. The highest BCUT2D eigenvalue weighted by molar-refractivity contribution is 5.79. The molecule has 0 saturated carbocycles. The second-order valence-corrected chi connectivity index (χ2v) is 6.87. The molecule has 2 N–H and O–H groups in total. The third-order valence-electron chi connectivity index (χ3n) is 3.77. The number of nitrogens with one attached hydrogen (secondary N) is 2. The number of methoxy groups -OCH3 is 1. The van der Waals surface area contributed by atoms with Crippen molar-refractivity contribution in [2.45, 2.75) is 44.8 Å². The average molecular weight is 356 g/mol. The van der Waals surface area contributed by atoms with Crippen LogP contribution in [0, 0.1) is 11.6 Å². The fourth-order valence-electron chi connectivity index (χ4n) is 2.73. The predicted molar refractivity (Wildman–Crippen MR) is 86.4 cm³/mol. The third-order valence-corrected chi connectivity index (χ3v) is 3.77. The van der Waals surface area contributed by atoms with Crippen LogP contribution in [0.25, 0.3) is 0 Å². The van der Waals surface area contributed by atoms with Gasteiger partial charge in [0.15, 0.2) is 0 Å². The molecule has 0 bridgehead atoms. The van der Waals surface area contributed by atoms with Crippen LogP contribution >= 0.6 is 0 Å². The zero-order valence-electron chi connectivity index (χ0n) is 14.6. The summed E-state index contributed by atoms with van der Waals surface area (Å²) in [7, 11) is 1.30. The third kappa shape index (κ3) is 4.80. The predicted octanol–water partition coefficient (Wildman–Crippen LogP) is 2.47. The number of rotatable bonds is 3. The standard InChI is InChI=1S/C17H22F2N2O4/c1-17(2,3)25-16(23)21-13-8-20-14(22)7-10(13)15-11(18)5-9(24-4)6-12(15)19/h5-6,10,13H,7-8H2,1-4H3,(H,20,22)(H,21,23)/t10-,13-/m1/s1. The van der Waals surface area contributed by atoms with Gasteiger partial charge in [-0.15, -0.1) is 0 Å². The molecule has 2 atom stereocenters. The van der Waals surface area contributed by atoms with Crippen molar-refractivity contribution >= 4 is 12.0 Å². The van der Waals surface area contributed by atoms with E-state index in [0.717, 1.165) is 12.1 Å². The Balaban J connectivity index is 2.28. The number of hydrogen-bond donors (Lipinski definition) is 2. The fourth-order valence-corrected chi connectivity index (χ4v) is 2.73. The summed E-state index contributed by atoms with van der Waals surface area (Å²) in [4.78, 5) is 23.7. The van der Waals surface area contributed by atoms with Gasteiger partial charge in [-0.05, 0) is 20.8 Å². The van der Waals surface area contributed by atoms with E-state index >= 15 is 0 Å². The van der Waals surface area contributed by atoms with Crippen LogP contribution in [0.4, 0.5) is 13.6 Å². The van der Waals surface area contributed by atoms with Gasteiger partial charge in [-0.25, -0.2) is 13.6 Å². The lowest BCUT2D eigenvalue weighted by molar-refractivity contribution is -0.123. The Kier molecular flexibility index (Phi) is 5.49. The number of carbonyl (C=O) groups is 2. The number of hydrogen-bond acceptors (Lipinski definition) is 4. The molecule has 0 aromatic heterocycles. The number of halogens is 2. The van der Waals surface area contributed by atoms with E-state index in [1.807, 2.05) is 0 Å². The van der Waals surface area contributed by atoms with Crippen LogP contribution in [-0.2, 0) is 9.53 Å². The highest BCUT2D eigenvalue weighted by Gasteiger charge is 2.36. The molecular weight excluding hydrogens is 334 g/mol. The van der Waals surface area contributed by atoms with Crippen LogP contribution in [-0.4, -0.2) is 37.3 Å². The molecule has 2 rings (SSSR count). The molecule has 0 spiro atoms. The van der Waals surface area contributed by atoms with Crippen molar-refractivity contribution in [1.82, 2.24) is 10.6 Å². The fraction of sp³-hybridized carbons (Fsp3) is 0.529. The summed E-state index contributed by atoms with van der Waals surface area (Å²) in [6.45, 7) is 5.16. The number of ether oxygens (including phenoxy) is 2. The Morgan fingerprint density at radius 3 is 2.40 bits per heavy atom. The average Bonchev–Trinajstić information content (AvgIpc) is 2.47. The number of piperidine rings is 1. The van der Waals surface area contributed by atoms with E-state index in [9.17, 15) is 18.4 Å². The van der Waals surface area contributed by atoms with E-state index in [4.69, 9.17) is 9.47 Å². The van der Waals surface area contributed by atoms with Gasteiger partial charge in [-0.3, -0.25) is 4.79 Å². The number of amides is 2. The lowest BCUT2D eigenvalue weighted by Crippen LogP contribution is -2.53. The number of carbonyl (C=O) groups excluding carboxylic acids is 2. The monoisotopic (exact) mass is 356 g/mol. The van der Waals surface area contributed by atoms with Crippen LogP contribution in [0.3, 0.4) is 0 Å². The van der Waals surface area contributed by atoms with Gasteiger partial charge >= 0.3 is 6.09 Å². The van der Waals surface area contributed by atoms with E-state index in [-0.39, 0.29) is 30.2 Å². The molecule has 6 nitrogen and oxygen atoms in total. The largest absolute Gasteiger partial charge is 0.497 e. The van der Waals surface area contributed by atoms with Crippen molar-refractivity contribution in [2.24, 2.45) is 0 Å². The summed E-state index contributed by atoms with van der Waals surface area (Å²) in [5.74, 6) is -2.82. The highest BCUT2D eigenvalue weighted by atomic mass is 19.1. The molecule has 0 aliphatic carbocycles. The molecule has 1 aliphatic heterocycles. The van der Waals surface area contributed by atoms with Crippen molar-refractivity contribution in [2.75, 3.05) is 13.7 Å². The normalized spacial score (nSPS) is 20.6. The van der Waals surface area contributed by atoms with Crippen molar-refractivity contribution in [1.29, 1.82) is 0 Å². The maximum absolute atomic E-state index is 14.4. The van der Waals surface area contributed by atoms with E-state index in [0.29, 0.717) is 0 Å². The van der Waals surface area contributed by atoms with Crippen molar-refractivity contribution < 1.29 is 27.8 Å². The van der Waals surface area contributed by atoms with Crippen molar-refractivity contribution in [3.8, 4) is 5.75 Å². The maximum Gasteiger partial charge on any atom is 0.407 e. The summed E-state index contributed by atoms with van der Waals surface area (Å²) >= 11 is 0. The lowest BCUT2D eigenvalue weighted by atomic mass is 9.85. The van der Waals surface area contributed by atoms with Gasteiger partial charge in [0.05, 0.1) is 13.2 Å². The van der Waals surface area contributed by atoms with Crippen molar-refractivity contribution in [3.05, 3.63) is 29.3 Å². The smallest absolute Gasteiger partial charge is 0.407 e. The molecule has 1 heterocycles. The summed E-state index contributed by atoms with van der Waals surface area (Å²) in [6.07, 6.45) is -0.867. The minimum atomic E-state index is -0.854. The molecule has 8 heteroatoms. The Morgan fingerprint density at radius 1 is 1.28 bits per heavy atom. The lowest BCUT2D eigenvalue weighted by Gasteiger charge is -2.33. The molecular formula is C17H22F2N2O4. The minimum Gasteiger partial charge on any atom is -0.497 e. The SMILES string of the molecule is COc1cc(F)c([C@@H]2CC(=O)NC[C@H]2NC(=O)OC(C)(C)C)c(F)c1. The Morgan fingerprint density at radius 2 is 1.88 bits per heavy atom. The Labute approximate surface area is 144 Å². The summed E-state index contributed by atoms with van der Waals surface area (Å²) in [5, 5.41) is 5.17. The first-order valence-corrected chi connectivity index (χ1v) is 7.90. The molecule has 138 valence electrons. The van der Waals surface area contributed by atoms with Gasteiger partial charge in [0.25, 0.3) is 0 Å². The molecule has 1 saturated heterocycles. The van der Waals surface area contributed by atoms with Gasteiger partial charge in [-0.1, -0.05) is 0 Å². The van der Waals surface area contributed by atoms with Gasteiger partial charge < -0.3 is 20.1 Å². The first-order chi connectivity index (χ1) is 11.6. The van der Waals surface area contributed by atoms with E-state index < -0.39 is 35.3 Å². The Hall–Kier alpha value is -2.38. The molecule has 1 fully saturated rings. The first-order valence-electron chi connectivity index (χ1n) is 7.90. The summed E-state index contributed by atoms with van der Waals surface area (Å²) in [6, 6.07) is 1.40. The molecule has 1 aromatic rings. The zero-order valence-corrected chi connectivity index (χ0v) is 14.6. The van der Waals surface area contributed by atoms with Gasteiger partial charge in [0, 0.05) is 36.6 Å². The second-order valence-electron chi connectivity index (χ2n) is 6.87. The van der Waals surface area contributed by atoms with E-state index in [1.165, 1.54) is 7.11 Å². The molecule has 25 heavy (non-hydrogen) atoms. The van der Waals surface area contributed by atoms with E-state index in [1.54, 1.807) is 20.8 Å². The van der Waals surface area contributed by atoms with Crippen LogP contribution in [0.2, 0.25) is 0 Å². The molecule has 0 unspecified atom stereocenters. The maximum atomic E-state index is 14.4. The topological polar surface area (TPSA) is 76.7 Å². The first kappa shape index (κ1) is 19.0. The van der Waals surface area contributed by atoms with Gasteiger partial charge in [0.1, 0.15) is 23.0 Å². The molecule has 1 aliphatic rings. The van der Waals surface area contributed by atoms with Crippen LogP contribution in [0.5, 0.6) is 5.75 Å². The van der Waals surface area contributed by atoms with Gasteiger partial charge in [-0.2, -0.15) is 0 Å². The number of alkyl carbamates (subject to hydrolysis) is 1. The zero-order chi connectivity index (χ0) is 18.8. The Bertz CT molecular complexity index is 650. The van der Waals surface area contributed by atoms with Crippen molar-refractivity contribution in [3.63, 3.8) is 0 Å². The van der Waals surface area contributed by atoms with Crippen LogP contribution in [0.15, 0.2) is 12.1 Å². The van der Waals surface area contributed by atoms with Crippen LogP contribution in [0.1, 0.15) is 38.7 Å². The second kappa shape index (κ2) is 7.25. The summed E-state index contributed by atoms with van der Waals surface area (Å²) < 4.78 is 38.8. The van der Waals surface area contributed by atoms with Gasteiger partial charge in [0.2, 0.25) is 5.91 Å². The van der Waals surface area contributed by atoms with E-state index in [2.05, 4.69) is 10.6 Å². The highest BCUT2D eigenvalue weighted by Crippen LogP contribution is 2.33. The quantitative estimate of drug-likeness (QED) is 0.872. The number of benzene rings is 1. The molecule has 2 amide bonds. The molecule has 0 radical (unpaired) electrons. The molecule has 1 aromatic carbocycles. The van der Waals surface area contributed by atoms with Crippen LogP contribution < -0.4 is 15.4 Å². The minimum absolute atomic E-state index is 0.0377.